The number of fused-ring (bicyclic) bond motifs is 2. The molecule has 0 amide bonds. The van der Waals surface area contributed by atoms with Crippen molar-refractivity contribution in [3.05, 3.63) is 95.1 Å². The SMILES string of the molecule is C1=C\c2ccc(cc2)OCc2cccc(c2)COc2ccc/1cc2. The molecule has 118 valence electrons. The van der Waals surface area contributed by atoms with Crippen molar-refractivity contribution in [2.75, 3.05) is 0 Å². The summed E-state index contributed by atoms with van der Waals surface area (Å²) in [6, 6.07) is 24.6. The van der Waals surface area contributed by atoms with E-state index in [0.29, 0.717) is 13.2 Å². The van der Waals surface area contributed by atoms with Gasteiger partial charge in [0.15, 0.2) is 0 Å². The van der Waals surface area contributed by atoms with Gasteiger partial charge in [0.1, 0.15) is 24.7 Å². The second-order valence-electron chi connectivity index (χ2n) is 5.87. The summed E-state index contributed by atoms with van der Waals surface area (Å²) < 4.78 is 11.8. The second kappa shape index (κ2) is 6.63. The monoisotopic (exact) mass is 314 g/mol. The van der Waals surface area contributed by atoms with E-state index >= 15 is 0 Å². The first-order valence-electron chi connectivity index (χ1n) is 8.07. The zero-order chi connectivity index (χ0) is 16.2. The minimum absolute atomic E-state index is 0.553. The van der Waals surface area contributed by atoms with E-state index in [2.05, 4.69) is 54.6 Å². The lowest BCUT2D eigenvalue weighted by atomic mass is 10.1. The van der Waals surface area contributed by atoms with Gasteiger partial charge in [-0.25, -0.2) is 0 Å². The lowest BCUT2D eigenvalue weighted by Crippen LogP contribution is -1.99. The maximum Gasteiger partial charge on any atom is 0.119 e. The highest BCUT2D eigenvalue weighted by Crippen LogP contribution is 2.19. The van der Waals surface area contributed by atoms with Gasteiger partial charge in [0.2, 0.25) is 0 Å². The molecule has 0 atom stereocenters. The van der Waals surface area contributed by atoms with Crippen LogP contribution in [0.25, 0.3) is 12.2 Å². The Kier molecular flexibility index (Phi) is 4.03. The molecule has 0 spiro atoms. The molecule has 0 radical (unpaired) electrons. The normalized spacial score (nSPS) is 14.5. The molecule has 3 aliphatic heterocycles. The van der Waals surface area contributed by atoms with Gasteiger partial charge in [0.05, 0.1) is 0 Å². The van der Waals surface area contributed by atoms with E-state index in [4.69, 9.17) is 9.47 Å². The Bertz CT molecular complexity index is 777. The largest absolute Gasteiger partial charge is 0.489 e. The molecule has 3 aromatic rings. The van der Waals surface area contributed by atoms with E-state index in [0.717, 1.165) is 33.8 Å². The highest BCUT2D eigenvalue weighted by Gasteiger charge is 2.01. The van der Waals surface area contributed by atoms with Gasteiger partial charge in [-0.15, -0.1) is 0 Å². The number of ether oxygens (including phenoxy) is 2. The molecule has 6 bridgehead atoms. The van der Waals surface area contributed by atoms with Gasteiger partial charge in [0, 0.05) is 0 Å². The van der Waals surface area contributed by atoms with E-state index in [-0.39, 0.29) is 0 Å². The fourth-order valence-corrected chi connectivity index (χ4v) is 2.69. The third-order valence-corrected chi connectivity index (χ3v) is 4.03. The minimum Gasteiger partial charge on any atom is -0.489 e. The molecule has 0 saturated heterocycles. The van der Waals surface area contributed by atoms with Crippen LogP contribution < -0.4 is 9.47 Å². The van der Waals surface area contributed by atoms with Crippen molar-refractivity contribution < 1.29 is 9.47 Å². The fourth-order valence-electron chi connectivity index (χ4n) is 2.69. The Morgan fingerprint density at radius 2 is 1.00 bits per heavy atom. The molecule has 24 heavy (non-hydrogen) atoms. The van der Waals surface area contributed by atoms with Crippen molar-refractivity contribution in [2.24, 2.45) is 0 Å². The first-order valence-corrected chi connectivity index (χ1v) is 8.07. The number of rotatable bonds is 0. The van der Waals surface area contributed by atoms with Gasteiger partial charge < -0.3 is 9.47 Å². The molecule has 2 heteroatoms. The van der Waals surface area contributed by atoms with Crippen LogP contribution in [0.15, 0.2) is 72.8 Å². The third-order valence-electron chi connectivity index (χ3n) is 4.03. The van der Waals surface area contributed by atoms with Crippen molar-refractivity contribution in [3.63, 3.8) is 0 Å². The summed E-state index contributed by atoms with van der Waals surface area (Å²) >= 11 is 0. The van der Waals surface area contributed by atoms with E-state index in [1.807, 2.05) is 30.3 Å². The average Bonchev–Trinajstić information content (AvgIpc) is 2.65. The summed E-state index contributed by atoms with van der Waals surface area (Å²) in [7, 11) is 0. The lowest BCUT2D eigenvalue weighted by molar-refractivity contribution is 0.300. The summed E-state index contributed by atoms with van der Waals surface area (Å²) in [6.45, 7) is 1.11. The van der Waals surface area contributed by atoms with Crippen molar-refractivity contribution in [2.45, 2.75) is 13.2 Å². The Balaban J connectivity index is 1.69. The molecular formula is C22H18O2. The summed E-state index contributed by atoms with van der Waals surface area (Å²) in [6.07, 6.45) is 4.20. The Morgan fingerprint density at radius 3 is 1.46 bits per heavy atom. The molecular weight excluding hydrogens is 296 g/mol. The maximum absolute atomic E-state index is 5.88. The van der Waals surface area contributed by atoms with E-state index in [1.165, 1.54) is 0 Å². The maximum atomic E-state index is 5.88. The Morgan fingerprint density at radius 1 is 0.542 bits per heavy atom. The van der Waals surface area contributed by atoms with Crippen LogP contribution in [0, 0.1) is 0 Å². The number of hydrogen-bond donors (Lipinski definition) is 0. The van der Waals surface area contributed by atoms with E-state index in [9.17, 15) is 0 Å². The molecule has 0 saturated carbocycles. The van der Waals surface area contributed by atoms with Crippen LogP contribution in [0.2, 0.25) is 0 Å². The Labute approximate surface area is 142 Å². The van der Waals surface area contributed by atoms with Crippen molar-refractivity contribution in [1.29, 1.82) is 0 Å². The van der Waals surface area contributed by atoms with Crippen molar-refractivity contribution in [1.82, 2.24) is 0 Å². The zero-order valence-electron chi connectivity index (χ0n) is 13.3. The molecule has 0 N–H and O–H groups in total. The molecule has 6 rings (SSSR count). The van der Waals surface area contributed by atoms with Crippen molar-refractivity contribution >= 4 is 12.2 Å². The van der Waals surface area contributed by atoms with Gasteiger partial charge in [-0.3, -0.25) is 0 Å². The molecule has 3 heterocycles. The Hall–Kier alpha value is -3.00. The quantitative estimate of drug-likeness (QED) is 0.558. The predicted octanol–water partition coefficient (Wildman–Crippen LogP) is 5.33. The highest BCUT2D eigenvalue weighted by atomic mass is 16.5. The number of hydrogen-bond acceptors (Lipinski definition) is 2. The number of benzene rings is 3. The fraction of sp³-hybridized carbons (Fsp3) is 0.0909. The lowest BCUT2D eigenvalue weighted by Gasteiger charge is -2.09. The van der Waals surface area contributed by atoms with Crippen LogP contribution >= 0.6 is 0 Å². The highest BCUT2D eigenvalue weighted by molar-refractivity contribution is 5.70. The third kappa shape index (κ3) is 3.49. The van der Waals surface area contributed by atoms with Crippen LogP contribution in [-0.2, 0) is 13.2 Å². The molecule has 0 aliphatic carbocycles. The second-order valence-corrected chi connectivity index (χ2v) is 5.87. The van der Waals surface area contributed by atoms with Crippen LogP contribution in [-0.4, -0.2) is 0 Å². The predicted molar refractivity (Wildman–Crippen MR) is 96.9 cm³/mol. The van der Waals surface area contributed by atoms with Gasteiger partial charge in [-0.05, 0) is 52.6 Å². The summed E-state index contributed by atoms with van der Waals surface area (Å²) in [5.41, 5.74) is 4.57. The summed E-state index contributed by atoms with van der Waals surface area (Å²) in [5, 5.41) is 0. The molecule has 3 aromatic carbocycles. The van der Waals surface area contributed by atoms with Crippen LogP contribution in [0.1, 0.15) is 22.3 Å². The zero-order valence-corrected chi connectivity index (χ0v) is 13.3. The molecule has 2 nitrogen and oxygen atoms in total. The first kappa shape index (κ1) is 14.6. The van der Waals surface area contributed by atoms with Crippen LogP contribution in [0.3, 0.4) is 0 Å². The average molecular weight is 314 g/mol. The molecule has 0 unspecified atom stereocenters. The topological polar surface area (TPSA) is 18.5 Å². The first-order chi connectivity index (χ1) is 11.8. The molecule has 0 fully saturated rings. The van der Waals surface area contributed by atoms with E-state index in [1.54, 1.807) is 0 Å². The van der Waals surface area contributed by atoms with Gasteiger partial charge in [0.25, 0.3) is 0 Å². The molecule has 3 aliphatic rings. The summed E-state index contributed by atoms with van der Waals surface area (Å²) in [5.74, 6) is 1.75. The standard InChI is InChI=1S/C22H18O2/c1-2-19-14-20(3-1)16-24-22-12-8-18(9-13-22)5-4-17-6-10-21(11-7-17)23-15-19/h1-14H,15-16H2/b5-4-. The molecule has 0 aromatic heterocycles. The van der Waals surface area contributed by atoms with E-state index < -0.39 is 0 Å². The smallest absolute Gasteiger partial charge is 0.119 e. The van der Waals surface area contributed by atoms with Gasteiger partial charge in [-0.2, -0.15) is 0 Å². The van der Waals surface area contributed by atoms with Crippen LogP contribution in [0.4, 0.5) is 0 Å². The summed E-state index contributed by atoms with van der Waals surface area (Å²) in [4.78, 5) is 0. The van der Waals surface area contributed by atoms with Gasteiger partial charge in [-0.1, -0.05) is 54.6 Å². The minimum atomic E-state index is 0.553. The van der Waals surface area contributed by atoms with Gasteiger partial charge >= 0.3 is 0 Å². The van der Waals surface area contributed by atoms with Crippen LogP contribution in [0.5, 0.6) is 11.5 Å². The van der Waals surface area contributed by atoms with Crippen molar-refractivity contribution in [3.8, 4) is 11.5 Å².